The van der Waals surface area contributed by atoms with Crippen molar-refractivity contribution in [2.45, 2.75) is 103 Å². The van der Waals surface area contributed by atoms with Gasteiger partial charge in [0.05, 0.1) is 24.4 Å². The number of aliphatic carboxylic acids is 2. The number of carbonyl (C=O) groups excluding carboxylic acids is 3. The molecule has 3 rings (SSSR count). The average molecular weight is 731 g/mol. The molecule has 1 saturated carbocycles. The van der Waals surface area contributed by atoms with Crippen LogP contribution in [0.25, 0.3) is 0 Å². The van der Waals surface area contributed by atoms with E-state index in [-0.39, 0.29) is 43.7 Å². The molecule has 1 aliphatic carbocycles. The highest BCUT2D eigenvalue weighted by Gasteiger charge is 2.38. The van der Waals surface area contributed by atoms with E-state index in [1.807, 2.05) is 13.8 Å². The summed E-state index contributed by atoms with van der Waals surface area (Å²) in [5.41, 5.74) is 1.44. The molecule has 5 atom stereocenters. The summed E-state index contributed by atoms with van der Waals surface area (Å²) in [6.07, 6.45) is -0.271. The topological polar surface area (TPSA) is 185 Å². The minimum Gasteiger partial charge on any atom is -0.481 e. The van der Waals surface area contributed by atoms with Gasteiger partial charge in [0.2, 0.25) is 11.8 Å². The molecule has 6 N–H and O–H groups in total. The van der Waals surface area contributed by atoms with Crippen LogP contribution in [0.4, 0.5) is 8.78 Å². The van der Waals surface area contributed by atoms with Crippen molar-refractivity contribution in [3.05, 3.63) is 70.8 Å². The maximum Gasteiger partial charge on any atom is 0.306 e. The molecule has 1 aliphatic rings. The van der Waals surface area contributed by atoms with Crippen molar-refractivity contribution in [1.29, 1.82) is 0 Å². The maximum absolute atomic E-state index is 14.1. The zero-order chi connectivity index (χ0) is 38.5. The van der Waals surface area contributed by atoms with E-state index >= 15 is 0 Å². The molecular weight excluding hydrogens is 678 g/mol. The summed E-state index contributed by atoms with van der Waals surface area (Å²) in [5.74, 6) is -7.64. The maximum atomic E-state index is 14.1. The van der Waals surface area contributed by atoms with Crippen molar-refractivity contribution >= 4 is 29.7 Å². The van der Waals surface area contributed by atoms with Crippen LogP contribution in [-0.2, 0) is 32.1 Å². The molecule has 0 aliphatic heterocycles. The zero-order valence-corrected chi connectivity index (χ0v) is 30.2. The molecule has 0 spiro atoms. The summed E-state index contributed by atoms with van der Waals surface area (Å²) in [6.45, 7) is 8.75. The van der Waals surface area contributed by atoms with Crippen LogP contribution in [0, 0.1) is 29.4 Å². The number of carboxylic acids is 2. The van der Waals surface area contributed by atoms with Gasteiger partial charge in [-0.2, -0.15) is 0 Å². The summed E-state index contributed by atoms with van der Waals surface area (Å²) in [5, 5.41) is 38.9. The third kappa shape index (κ3) is 12.7. The van der Waals surface area contributed by atoms with Crippen molar-refractivity contribution < 1.29 is 48.1 Å². The van der Waals surface area contributed by atoms with E-state index in [2.05, 4.69) is 16.0 Å². The Morgan fingerprint density at radius 3 is 2.00 bits per heavy atom. The van der Waals surface area contributed by atoms with Crippen molar-refractivity contribution in [3.63, 3.8) is 0 Å². The van der Waals surface area contributed by atoms with Gasteiger partial charge in [0.1, 0.15) is 17.7 Å². The summed E-state index contributed by atoms with van der Waals surface area (Å²) < 4.78 is 28.2. The predicted octanol–water partition coefficient (Wildman–Crippen LogP) is 3.89. The minimum absolute atomic E-state index is 0.0448. The molecule has 0 saturated heterocycles. The second kappa shape index (κ2) is 20.0. The Morgan fingerprint density at radius 2 is 1.46 bits per heavy atom. The molecule has 12 nitrogen and oxygen atoms in total. The second-order valence-corrected chi connectivity index (χ2v) is 14.0. The molecule has 5 unspecified atom stereocenters. The van der Waals surface area contributed by atoms with Crippen molar-refractivity contribution in [2.24, 2.45) is 17.8 Å². The van der Waals surface area contributed by atoms with Crippen molar-refractivity contribution in [1.82, 2.24) is 20.9 Å². The van der Waals surface area contributed by atoms with Crippen LogP contribution in [0.2, 0.25) is 0 Å². The first-order valence-electron chi connectivity index (χ1n) is 17.9. The largest absolute Gasteiger partial charge is 0.481 e. The van der Waals surface area contributed by atoms with Gasteiger partial charge in [-0.15, -0.1) is 0 Å². The smallest absolute Gasteiger partial charge is 0.306 e. The fraction of sp³-hybridized carbons (Fsp3) is 0.553. The first kappa shape index (κ1) is 42.0. The number of aliphatic hydroxyl groups is 1. The quantitative estimate of drug-likeness (QED) is 0.125. The number of aliphatic hydroxyl groups excluding tert-OH is 1. The van der Waals surface area contributed by atoms with E-state index in [0.717, 1.165) is 31.0 Å². The number of carbonyl (C=O) groups is 5. The molecule has 0 radical (unpaired) electrons. The number of rotatable bonds is 19. The van der Waals surface area contributed by atoms with Crippen LogP contribution in [0.5, 0.6) is 0 Å². The molecule has 2 aromatic carbocycles. The molecule has 0 heterocycles. The number of hydrogen-bond donors (Lipinski definition) is 6. The molecule has 52 heavy (non-hydrogen) atoms. The van der Waals surface area contributed by atoms with Crippen molar-refractivity contribution in [3.8, 4) is 0 Å². The van der Waals surface area contributed by atoms with Gasteiger partial charge in [-0.25, -0.2) is 8.78 Å². The van der Waals surface area contributed by atoms with Crippen LogP contribution < -0.4 is 16.0 Å². The van der Waals surface area contributed by atoms with E-state index in [1.165, 1.54) is 0 Å². The third-order valence-electron chi connectivity index (χ3n) is 9.27. The van der Waals surface area contributed by atoms with Gasteiger partial charge in [0.25, 0.3) is 5.91 Å². The minimum atomic E-state index is -1.39. The first-order valence-corrected chi connectivity index (χ1v) is 17.9. The lowest BCUT2D eigenvalue weighted by atomic mass is 9.78. The Balaban J connectivity index is 1.74. The number of carboxylic acid groups (broad SMARTS) is 2. The van der Waals surface area contributed by atoms with E-state index < -0.39 is 83.8 Å². The highest BCUT2D eigenvalue weighted by molar-refractivity contribution is 5.94. The highest BCUT2D eigenvalue weighted by Crippen LogP contribution is 2.30. The Bertz CT molecular complexity index is 1510. The lowest BCUT2D eigenvalue weighted by molar-refractivity contribution is -0.149. The lowest BCUT2D eigenvalue weighted by Crippen LogP contribution is -2.54. The normalized spacial score (nSPS) is 19.0. The highest BCUT2D eigenvalue weighted by atomic mass is 19.1. The number of amides is 3. The number of nitrogens with one attached hydrogen (secondary N) is 3. The van der Waals surface area contributed by atoms with Gasteiger partial charge in [-0.3, -0.25) is 24.0 Å². The van der Waals surface area contributed by atoms with Gasteiger partial charge < -0.3 is 36.2 Å². The van der Waals surface area contributed by atoms with Crippen LogP contribution >= 0.6 is 0 Å². The van der Waals surface area contributed by atoms with E-state index in [4.69, 9.17) is 0 Å². The lowest BCUT2D eigenvalue weighted by Gasteiger charge is -2.33. The predicted molar refractivity (Wildman–Crippen MR) is 189 cm³/mol. The molecule has 14 heteroatoms. The Morgan fingerprint density at radius 1 is 0.865 bits per heavy atom. The van der Waals surface area contributed by atoms with E-state index in [1.54, 1.807) is 43.0 Å². The summed E-state index contributed by atoms with van der Waals surface area (Å²) >= 11 is 0. The molecule has 0 bridgehead atoms. The second-order valence-electron chi connectivity index (χ2n) is 14.0. The first-order chi connectivity index (χ1) is 24.6. The van der Waals surface area contributed by atoms with Gasteiger partial charge >= 0.3 is 11.9 Å². The number of nitrogens with zero attached hydrogens (tertiary/aromatic N) is 1. The van der Waals surface area contributed by atoms with E-state index in [0.29, 0.717) is 24.2 Å². The van der Waals surface area contributed by atoms with Gasteiger partial charge in [0.15, 0.2) is 0 Å². The molecule has 0 aromatic heterocycles. The summed E-state index contributed by atoms with van der Waals surface area (Å²) in [6, 6.07) is 7.28. The summed E-state index contributed by atoms with van der Waals surface area (Å²) in [4.78, 5) is 64.9. The molecule has 3 amide bonds. The Hall–Kier alpha value is -4.43. The number of halogens is 2. The fourth-order valence-electron chi connectivity index (χ4n) is 6.66. The Labute approximate surface area is 303 Å². The average Bonchev–Trinajstić information content (AvgIpc) is 3.07. The zero-order valence-electron chi connectivity index (χ0n) is 30.2. The molecule has 2 aromatic rings. The molecule has 286 valence electrons. The summed E-state index contributed by atoms with van der Waals surface area (Å²) in [7, 11) is 0. The SMILES string of the molecule is CCCN(CCC)C(=O)c1cccc(CNC(Cc2cc(F)cc(F)c2)C(O)CC(=O)NC(C(=O)NC2CC(C(=O)O)CC(C(=O)O)C2)C(C)C)c1. The molecular formula is C38H52F2N4O8. The van der Waals surface area contributed by atoms with E-state index in [9.17, 15) is 48.1 Å². The number of benzene rings is 2. The van der Waals surface area contributed by atoms with Crippen molar-refractivity contribution in [2.75, 3.05) is 13.1 Å². The van der Waals surface area contributed by atoms with Gasteiger partial charge in [-0.05, 0) is 79.8 Å². The standard InChI is InChI=1S/C38H52F2N4O8/c1-5-10-44(11-6-2)36(48)25-9-7-8-23(12-25)21-41-31(15-24-13-28(39)19-29(40)14-24)32(45)20-33(46)43-34(22(3)4)35(47)42-30-17-26(37(49)50)16-27(18-30)38(51)52/h7-9,12-14,19,22,26-27,30-32,34,41,45H,5-6,10-11,15-18,20-21H2,1-4H3,(H,42,47)(H,43,46)(H,49,50)(H,51,52). The van der Waals surface area contributed by atoms with Crippen LogP contribution in [0.15, 0.2) is 42.5 Å². The Kier molecular flexibility index (Phi) is 16.1. The third-order valence-corrected chi connectivity index (χ3v) is 9.27. The fourth-order valence-corrected chi connectivity index (χ4v) is 6.66. The number of hydrogen-bond acceptors (Lipinski definition) is 7. The monoisotopic (exact) mass is 730 g/mol. The molecule has 1 fully saturated rings. The van der Waals surface area contributed by atoms with Gasteiger partial charge in [-0.1, -0.05) is 39.8 Å². The van der Waals surface area contributed by atoms with Gasteiger partial charge in [0, 0.05) is 43.3 Å². The van der Waals surface area contributed by atoms with Crippen LogP contribution in [0.3, 0.4) is 0 Å². The van der Waals surface area contributed by atoms with Crippen LogP contribution in [0.1, 0.15) is 87.7 Å². The van der Waals surface area contributed by atoms with Crippen LogP contribution in [-0.4, -0.2) is 87.2 Å².